The van der Waals surface area contributed by atoms with Crippen LogP contribution < -0.4 is 16.0 Å². The molecular formula is C15H20N4O2. The minimum atomic E-state index is 0.289. The van der Waals surface area contributed by atoms with Crippen LogP contribution in [-0.2, 0) is 11.3 Å². The van der Waals surface area contributed by atoms with Crippen LogP contribution in [-0.4, -0.2) is 17.1 Å². The predicted octanol–water partition coefficient (Wildman–Crippen LogP) is 2.63. The summed E-state index contributed by atoms with van der Waals surface area (Å²) in [7, 11) is 1.58. The summed E-state index contributed by atoms with van der Waals surface area (Å²) < 4.78 is 10.9. The first-order valence-corrected chi connectivity index (χ1v) is 6.62. The number of aryl methyl sites for hydroxylation is 2. The summed E-state index contributed by atoms with van der Waals surface area (Å²) in [5.41, 5.74) is 5.89. The number of nitrogen functional groups attached to an aromatic ring is 1. The third kappa shape index (κ3) is 3.68. The van der Waals surface area contributed by atoms with Gasteiger partial charge in [0.25, 0.3) is 0 Å². The van der Waals surface area contributed by atoms with Crippen molar-refractivity contribution in [3.63, 3.8) is 0 Å². The van der Waals surface area contributed by atoms with Crippen LogP contribution in [0.5, 0.6) is 11.6 Å². The normalized spacial score (nSPS) is 10.5. The fraction of sp³-hybridized carbons (Fsp3) is 0.333. The van der Waals surface area contributed by atoms with Gasteiger partial charge in [0.1, 0.15) is 18.2 Å². The van der Waals surface area contributed by atoms with Crippen molar-refractivity contribution in [2.75, 3.05) is 12.5 Å². The molecule has 1 aromatic carbocycles. The van der Waals surface area contributed by atoms with Crippen LogP contribution in [0.25, 0.3) is 0 Å². The number of hydrogen-bond donors (Lipinski definition) is 2. The Balaban J connectivity index is 2.37. The Morgan fingerprint density at radius 2 is 1.90 bits per heavy atom. The fourth-order valence-corrected chi connectivity index (χ4v) is 2.01. The van der Waals surface area contributed by atoms with Crippen molar-refractivity contribution in [3.05, 3.63) is 40.7 Å². The average Bonchev–Trinajstić information content (AvgIpc) is 2.44. The van der Waals surface area contributed by atoms with Crippen LogP contribution in [0.4, 0.5) is 5.82 Å². The van der Waals surface area contributed by atoms with Gasteiger partial charge in [-0.15, -0.1) is 0 Å². The first-order valence-electron chi connectivity index (χ1n) is 6.62. The van der Waals surface area contributed by atoms with Gasteiger partial charge in [-0.3, -0.25) is 0 Å². The standard InChI is InChI=1S/C15H20N4O2/c1-9-5-10(2)11(3)12(6-9)21-15-7-13(19-16)17-14(18-15)8-20-4/h5-7H,8,16H2,1-4H3,(H,17,18,19). The summed E-state index contributed by atoms with van der Waals surface area (Å²) in [5, 5.41) is 0. The number of nitrogens with zero attached hydrogens (tertiary/aromatic N) is 2. The summed E-state index contributed by atoms with van der Waals surface area (Å²) in [4.78, 5) is 8.50. The molecule has 0 bridgehead atoms. The second-order valence-electron chi connectivity index (χ2n) is 4.89. The molecule has 0 spiro atoms. The number of anilines is 1. The summed E-state index contributed by atoms with van der Waals surface area (Å²) in [5.74, 6) is 7.61. The molecule has 0 aliphatic rings. The van der Waals surface area contributed by atoms with E-state index in [1.165, 1.54) is 5.56 Å². The van der Waals surface area contributed by atoms with Crippen molar-refractivity contribution >= 4 is 5.82 Å². The maximum absolute atomic E-state index is 5.90. The van der Waals surface area contributed by atoms with Gasteiger partial charge in [0.05, 0.1) is 0 Å². The van der Waals surface area contributed by atoms with Crippen molar-refractivity contribution < 1.29 is 9.47 Å². The highest BCUT2D eigenvalue weighted by Gasteiger charge is 2.09. The average molecular weight is 288 g/mol. The van der Waals surface area contributed by atoms with E-state index in [2.05, 4.69) is 28.4 Å². The summed E-state index contributed by atoms with van der Waals surface area (Å²) in [6.45, 7) is 6.39. The Hall–Kier alpha value is -2.18. The van der Waals surface area contributed by atoms with Crippen LogP contribution in [0, 0.1) is 20.8 Å². The van der Waals surface area contributed by atoms with E-state index in [0.717, 1.165) is 16.9 Å². The quantitative estimate of drug-likeness (QED) is 0.650. The van der Waals surface area contributed by atoms with Crippen LogP contribution >= 0.6 is 0 Å². The number of methoxy groups -OCH3 is 1. The number of hydrazine groups is 1. The van der Waals surface area contributed by atoms with Crippen molar-refractivity contribution in [1.82, 2.24) is 9.97 Å². The van der Waals surface area contributed by atoms with Gasteiger partial charge in [-0.25, -0.2) is 10.8 Å². The maximum Gasteiger partial charge on any atom is 0.224 e. The molecule has 0 fully saturated rings. The van der Waals surface area contributed by atoms with Crippen LogP contribution in [0.3, 0.4) is 0 Å². The van der Waals surface area contributed by atoms with E-state index in [4.69, 9.17) is 15.3 Å². The zero-order valence-corrected chi connectivity index (χ0v) is 12.7. The van der Waals surface area contributed by atoms with Gasteiger partial charge in [-0.05, 0) is 43.5 Å². The van der Waals surface area contributed by atoms with E-state index in [1.54, 1.807) is 13.2 Å². The Morgan fingerprint density at radius 1 is 1.14 bits per heavy atom. The highest BCUT2D eigenvalue weighted by atomic mass is 16.5. The van der Waals surface area contributed by atoms with Gasteiger partial charge in [-0.2, -0.15) is 4.98 Å². The molecule has 0 amide bonds. The van der Waals surface area contributed by atoms with E-state index in [-0.39, 0.29) is 6.61 Å². The highest BCUT2D eigenvalue weighted by molar-refractivity contribution is 5.45. The second kappa shape index (κ2) is 6.51. The van der Waals surface area contributed by atoms with Gasteiger partial charge < -0.3 is 14.9 Å². The zero-order chi connectivity index (χ0) is 15.4. The molecule has 0 aliphatic heterocycles. The van der Waals surface area contributed by atoms with Crippen molar-refractivity contribution in [2.24, 2.45) is 5.84 Å². The molecule has 0 aliphatic carbocycles. The van der Waals surface area contributed by atoms with E-state index < -0.39 is 0 Å². The smallest absolute Gasteiger partial charge is 0.224 e. The molecule has 0 unspecified atom stereocenters. The number of nitrogens with two attached hydrogens (primary N) is 1. The van der Waals surface area contributed by atoms with Gasteiger partial charge >= 0.3 is 0 Å². The van der Waals surface area contributed by atoms with E-state index >= 15 is 0 Å². The lowest BCUT2D eigenvalue weighted by atomic mass is 10.1. The molecule has 0 saturated carbocycles. The third-order valence-corrected chi connectivity index (χ3v) is 3.15. The van der Waals surface area contributed by atoms with Gasteiger partial charge in [-0.1, -0.05) is 6.07 Å². The topological polar surface area (TPSA) is 82.3 Å². The zero-order valence-electron chi connectivity index (χ0n) is 12.7. The Morgan fingerprint density at radius 3 is 2.57 bits per heavy atom. The fourth-order valence-electron chi connectivity index (χ4n) is 2.01. The third-order valence-electron chi connectivity index (χ3n) is 3.15. The molecular weight excluding hydrogens is 268 g/mol. The lowest BCUT2D eigenvalue weighted by Crippen LogP contribution is -2.11. The SMILES string of the molecule is COCc1nc(NN)cc(Oc2cc(C)cc(C)c2C)n1. The summed E-state index contributed by atoms with van der Waals surface area (Å²) in [6.07, 6.45) is 0. The highest BCUT2D eigenvalue weighted by Crippen LogP contribution is 2.28. The predicted molar refractivity (Wildman–Crippen MR) is 81.3 cm³/mol. The van der Waals surface area contributed by atoms with E-state index in [9.17, 15) is 0 Å². The molecule has 0 atom stereocenters. The van der Waals surface area contributed by atoms with Gasteiger partial charge in [0.2, 0.25) is 5.88 Å². The largest absolute Gasteiger partial charge is 0.439 e. The number of aromatic nitrogens is 2. The summed E-state index contributed by atoms with van der Waals surface area (Å²) >= 11 is 0. The summed E-state index contributed by atoms with van der Waals surface area (Å²) in [6, 6.07) is 5.75. The monoisotopic (exact) mass is 288 g/mol. The minimum Gasteiger partial charge on any atom is -0.439 e. The molecule has 0 radical (unpaired) electrons. The molecule has 112 valence electrons. The first-order chi connectivity index (χ1) is 10.0. The second-order valence-corrected chi connectivity index (χ2v) is 4.89. The van der Waals surface area contributed by atoms with Gasteiger partial charge in [0, 0.05) is 13.2 Å². The Bertz CT molecular complexity index is 644. The number of ether oxygens (including phenoxy) is 2. The Labute approximate surface area is 124 Å². The molecule has 0 saturated heterocycles. The molecule has 1 aromatic heterocycles. The molecule has 6 heteroatoms. The number of hydrogen-bond acceptors (Lipinski definition) is 6. The molecule has 6 nitrogen and oxygen atoms in total. The Kier molecular flexibility index (Phi) is 4.72. The first kappa shape index (κ1) is 15.2. The van der Waals surface area contributed by atoms with Crippen molar-refractivity contribution in [2.45, 2.75) is 27.4 Å². The van der Waals surface area contributed by atoms with E-state index in [1.807, 2.05) is 19.9 Å². The lowest BCUT2D eigenvalue weighted by Gasteiger charge is -2.13. The van der Waals surface area contributed by atoms with Crippen molar-refractivity contribution in [3.8, 4) is 11.6 Å². The minimum absolute atomic E-state index is 0.289. The lowest BCUT2D eigenvalue weighted by molar-refractivity contribution is 0.177. The molecule has 2 rings (SSSR count). The molecule has 2 aromatic rings. The molecule has 21 heavy (non-hydrogen) atoms. The number of rotatable bonds is 5. The number of benzene rings is 1. The van der Waals surface area contributed by atoms with E-state index in [0.29, 0.717) is 17.5 Å². The molecule has 1 heterocycles. The van der Waals surface area contributed by atoms with Crippen LogP contribution in [0.1, 0.15) is 22.5 Å². The number of nitrogens with one attached hydrogen (secondary N) is 1. The van der Waals surface area contributed by atoms with Crippen LogP contribution in [0.15, 0.2) is 18.2 Å². The molecule has 3 N–H and O–H groups in total. The van der Waals surface area contributed by atoms with Crippen LogP contribution in [0.2, 0.25) is 0 Å². The maximum atomic E-state index is 5.90. The van der Waals surface area contributed by atoms with Crippen molar-refractivity contribution in [1.29, 1.82) is 0 Å². The van der Waals surface area contributed by atoms with Gasteiger partial charge in [0.15, 0.2) is 5.82 Å².